The molecule has 0 bridgehead atoms. The highest BCUT2D eigenvalue weighted by atomic mass is 32.1. The molecular weight excluding hydrogens is 512 g/mol. The number of thiocarbonyl (C=S) groups is 1. The molecular formula is C30H26N4O2S2. The molecule has 38 heavy (non-hydrogen) atoms. The molecule has 0 radical (unpaired) electrons. The SMILES string of the molecule is CCOC(=O)c1cc(-c2ccccc2)sc1NC(=S)NCc1cn(-c2ccccc2)nc1-c1ccccc1. The van der Waals surface area contributed by atoms with E-state index in [0.29, 0.717) is 28.8 Å². The van der Waals surface area contributed by atoms with Crippen molar-refractivity contribution >= 4 is 39.6 Å². The van der Waals surface area contributed by atoms with Crippen LogP contribution in [0.4, 0.5) is 5.00 Å². The van der Waals surface area contributed by atoms with Crippen LogP contribution in [0.1, 0.15) is 22.8 Å². The van der Waals surface area contributed by atoms with Crippen molar-refractivity contribution in [2.45, 2.75) is 13.5 Å². The lowest BCUT2D eigenvalue weighted by Crippen LogP contribution is -2.28. The predicted octanol–water partition coefficient (Wildman–Crippen LogP) is 6.93. The maximum absolute atomic E-state index is 12.7. The van der Waals surface area contributed by atoms with E-state index in [-0.39, 0.29) is 5.97 Å². The molecule has 0 unspecified atom stereocenters. The first-order valence-electron chi connectivity index (χ1n) is 12.2. The quantitative estimate of drug-likeness (QED) is 0.165. The first-order chi connectivity index (χ1) is 18.6. The standard InChI is InChI=1S/C30H26N4O2S2/c1-2-36-29(35)25-18-26(21-12-6-3-7-13-21)38-28(25)32-30(37)31-19-23-20-34(24-16-10-5-11-17-24)33-27(23)22-14-8-4-9-15-22/h3-18,20H,2,19H2,1H3,(H2,31,32,37). The van der Waals surface area contributed by atoms with Gasteiger partial charge in [0.1, 0.15) is 5.00 Å². The van der Waals surface area contributed by atoms with E-state index in [0.717, 1.165) is 32.9 Å². The van der Waals surface area contributed by atoms with Gasteiger partial charge in [0, 0.05) is 28.7 Å². The van der Waals surface area contributed by atoms with E-state index in [9.17, 15) is 4.79 Å². The van der Waals surface area contributed by atoms with Gasteiger partial charge in [-0.05, 0) is 42.9 Å². The smallest absolute Gasteiger partial charge is 0.341 e. The van der Waals surface area contributed by atoms with Gasteiger partial charge in [-0.25, -0.2) is 9.48 Å². The van der Waals surface area contributed by atoms with Gasteiger partial charge in [0.05, 0.1) is 23.6 Å². The molecule has 0 atom stereocenters. The zero-order valence-corrected chi connectivity index (χ0v) is 22.4. The van der Waals surface area contributed by atoms with E-state index in [2.05, 4.69) is 10.6 Å². The number of rotatable bonds is 8. The number of carbonyl (C=O) groups is 1. The lowest BCUT2D eigenvalue weighted by atomic mass is 10.1. The number of esters is 1. The number of nitrogens with zero attached hydrogens (tertiary/aromatic N) is 2. The first kappa shape index (κ1) is 25.4. The van der Waals surface area contributed by atoms with Gasteiger partial charge >= 0.3 is 5.97 Å². The number of benzene rings is 3. The Bertz CT molecular complexity index is 1530. The van der Waals surface area contributed by atoms with Crippen LogP contribution in [0.25, 0.3) is 27.4 Å². The molecule has 190 valence electrons. The minimum Gasteiger partial charge on any atom is -0.462 e. The van der Waals surface area contributed by atoms with E-state index >= 15 is 0 Å². The van der Waals surface area contributed by atoms with Crippen molar-refractivity contribution in [3.8, 4) is 27.4 Å². The molecule has 0 aliphatic carbocycles. The second-order valence-corrected chi connectivity index (χ2v) is 9.86. The molecule has 2 aromatic heterocycles. The fourth-order valence-electron chi connectivity index (χ4n) is 4.00. The number of hydrogen-bond acceptors (Lipinski definition) is 5. The molecule has 8 heteroatoms. The molecule has 5 rings (SSSR count). The van der Waals surface area contributed by atoms with Crippen LogP contribution in [0.5, 0.6) is 0 Å². The molecule has 0 amide bonds. The third kappa shape index (κ3) is 5.82. The summed E-state index contributed by atoms with van der Waals surface area (Å²) in [5.41, 5.74) is 5.35. The lowest BCUT2D eigenvalue weighted by molar-refractivity contribution is 0.0528. The number of para-hydroxylation sites is 1. The van der Waals surface area contributed by atoms with Gasteiger partial charge in [-0.1, -0.05) is 78.9 Å². The monoisotopic (exact) mass is 538 g/mol. The summed E-state index contributed by atoms with van der Waals surface area (Å²) in [5.74, 6) is -0.383. The maximum Gasteiger partial charge on any atom is 0.341 e. The molecule has 2 heterocycles. The normalized spacial score (nSPS) is 10.7. The van der Waals surface area contributed by atoms with Gasteiger partial charge in [0.25, 0.3) is 0 Å². The number of anilines is 1. The zero-order valence-electron chi connectivity index (χ0n) is 20.8. The van der Waals surface area contributed by atoms with Crippen molar-refractivity contribution in [2.75, 3.05) is 11.9 Å². The summed E-state index contributed by atoms with van der Waals surface area (Å²) < 4.78 is 7.17. The lowest BCUT2D eigenvalue weighted by Gasteiger charge is -2.11. The van der Waals surface area contributed by atoms with Crippen LogP contribution in [-0.2, 0) is 11.3 Å². The van der Waals surface area contributed by atoms with E-state index in [1.807, 2.05) is 108 Å². The summed E-state index contributed by atoms with van der Waals surface area (Å²) in [6, 6.07) is 31.8. The van der Waals surface area contributed by atoms with Crippen LogP contribution < -0.4 is 10.6 Å². The molecule has 0 saturated heterocycles. The summed E-state index contributed by atoms with van der Waals surface area (Å²) in [6.07, 6.45) is 2.01. The van der Waals surface area contributed by atoms with Crippen LogP contribution in [-0.4, -0.2) is 27.5 Å². The molecule has 0 spiro atoms. The fourth-order valence-corrected chi connectivity index (χ4v) is 5.30. The molecule has 0 aliphatic rings. The first-order valence-corrected chi connectivity index (χ1v) is 13.5. The van der Waals surface area contributed by atoms with Crippen LogP contribution >= 0.6 is 23.6 Å². The summed E-state index contributed by atoms with van der Waals surface area (Å²) in [5, 5.41) is 12.4. The van der Waals surface area contributed by atoms with Crippen molar-refractivity contribution in [3.63, 3.8) is 0 Å². The van der Waals surface area contributed by atoms with E-state index in [1.165, 1.54) is 11.3 Å². The van der Waals surface area contributed by atoms with E-state index < -0.39 is 0 Å². The number of hydrogen-bond donors (Lipinski definition) is 2. The third-order valence-electron chi connectivity index (χ3n) is 5.81. The second-order valence-electron chi connectivity index (χ2n) is 8.40. The second kappa shape index (κ2) is 11.9. The largest absolute Gasteiger partial charge is 0.462 e. The number of aromatic nitrogens is 2. The van der Waals surface area contributed by atoms with Gasteiger partial charge in [-0.15, -0.1) is 11.3 Å². The Kier molecular flexibility index (Phi) is 7.92. The van der Waals surface area contributed by atoms with Crippen molar-refractivity contribution in [3.05, 3.63) is 114 Å². The van der Waals surface area contributed by atoms with Gasteiger partial charge in [-0.2, -0.15) is 5.10 Å². The van der Waals surface area contributed by atoms with Gasteiger partial charge in [0.2, 0.25) is 0 Å². The Balaban J connectivity index is 1.37. The highest BCUT2D eigenvalue weighted by molar-refractivity contribution is 7.80. The Morgan fingerprint density at radius 2 is 1.58 bits per heavy atom. The summed E-state index contributed by atoms with van der Waals surface area (Å²) in [7, 11) is 0. The number of nitrogens with one attached hydrogen (secondary N) is 2. The molecule has 5 aromatic rings. The minimum atomic E-state index is -0.383. The summed E-state index contributed by atoms with van der Waals surface area (Å²) in [6.45, 7) is 2.54. The van der Waals surface area contributed by atoms with Crippen molar-refractivity contribution < 1.29 is 9.53 Å². The Labute approximate surface area is 230 Å². The number of ether oxygens (including phenoxy) is 1. The summed E-state index contributed by atoms with van der Waals surface area (Å²) >= 11 is 7.10. The maximum atomic E-state index is 12.7. The fraction of sp³-hybridized carbons (Fsp3) is 0.100. The topological polar surface area (TPSA) is 68.2 Å². The zero-order chi connectivity index (χ0) is 26.3. The summed E-state index contributed by atoms with van der Waals surface area (Å²) in [4.78, 5) is 13.6. The number of thiophene rings is 1. The van der Waals surface area contributed by atoms with E-state index in [1.54, 1.807) is 6.92 Å². The Morgan fingerprint density at radius 3 is 2.24 bits per heavy atom. The van der Waals surface area contributed by atoms with Crippen LogP contribution in [0.2, 0.25) is 0 Å². The van der Waals surface area contributed by atoms with Crippen molar-refractivity contribution in [2.24, 2.45) is 0 Å². The predicted molar refractivity (Wildman–Crippen MR) is 158 cm³/mol. The van der Waals surface area contributed by atoms with Crippen molar-refractivity contribution in [1.29, 1.82) is 0 Å². The van der Waals surface area contributed by atoms with E-state index in [4.69, 9.17) is 22.1 Å². The molecule has 0 aliphatic heterocycles. The van der Waals surface area contributed by atoms with Crippen LogP contribution in [0.15, 0.2) is 103 Å². The average Bonchev–Trinajstić information content (AvgIpc) is 3.58. The van der Waals surface area contributed by atoms with Gasteiger partial charge in [-0.3, -0.25) is 0 Å². The molecule has 0 fully saturated rings. The van der Waals surface area contributed by atoms with Gasteiger partial charge < -0.3 is 15.4 Å². The molecule has 0 saturated carbocycles. The minimum absolute atomic E-state index is 0.297. The van der Waals surface area contributed by atoms with Crippen LogP contribution in [0.3, 0.4) is 0 Å². The number of carbonyl (C=O) groups excluding carboxylic acids is 1. The Morgan fingerprint density at radius 1 is 0.947 bits per heavy atom. The Hall–Kier alpha value is -4.27. The third-order valence-corrected chi connectivity index (χ3v) is 7.16. The van der Waals surface area contributed by atoms with Gasteiger partial charge in [0.15, 0.2) is 5.11 Å². The molecule has 6 nitrogen and oxygen atoms in total. The average molecular weight is 539 g/mol. The highest BCUT2D eigenvalue weighted by Crippen LogP contribution is 2.36. The highest BCUT2D eigenvalue weighted by Gasteiger charge is 2.19. The van der Waals surface area contributed by atoms with Crippen molar-refractivity contribution in [1.82, 2.24) is 15.1 Å². The molecule has 2 N–H and O–H groups in total. The molecule has 3 aromatic carbocycles. The van der Waals surface area contributed by atoms with Crippen LogP contribution in [0, 0.1) is 0 Å².